The largest absolute Gasteiger partial charge is 0.461 e. The molecule has 0 saturated heterocycles. The zero-order valence-electron chi connectivity index (χ0n) is 16.2. The van der Waals surface area contributed by atoms with Crippen molar-refractivity contribution in [3.63, 3.8) is 0 Å². The van der Waals surface area contributed by atoms with Crippen LogP contribution in [0.2, 0.25) is 5.02 Å². The molecule has 1 amide bonds. The third-order valence-corrected chi connectivity index (χ3v) is 4.47. The molecule has 0 fully saturated rings. The van der Waals surface area contributed by atoms with Gasteiger partial charge in [-0.1, -0.05) is 37.6 Å². The first-order valence-electron chi connectivity index (χ1n) is 9.26. The van der Waals surface area contributed by atoms with Gasteiger partial charge in [0.1, 0.15) is 6.61 Å². The van der Waals surface area contributed by atoms with Crippen LogP contribution in [0.4, 0.5) is 5.69 Å². The fourth-order valence-corrected chi connectivity index (χ4v) is 2.64. The van der Waals surface area contributed by atoms with Gasteiger partial charge in [-0.25, -0.2) is 4.79 Å². The maximum absolute atomic E-state index is 12.1. The average Bonchev–Trinajstić information content (AvgIpc) is 2.71. The molecule has 0 aliphatic rings. The van der Waals surface area contributed by atoms with E-state index in [0.29, 0.717) is 29.4 Å². The minimum absolute atomic E-state index is 0.260. The molecule has 0 atom stereocenters. The van der Waals surface area contributed by atoms with E-state index in [0.717, 1.165) is 18.7 Å². The van der Waals surface area contributed by atoms with E-state index in [-0.39, 0.29) is 11.9 Å². The van der Waals surface area contributed by atoms with Gasteiger partial charge in [-0.2, -0.15) is 0 Å². The van der Waals surface area contributed by atoms with Gasteiger partial charge in [-0.05, 0) is 61.1 Å². The second-order valence-electron chi connectivity index (χ2n) is 6.11. The molecule has 0 aliphatic heterocycles. The van der Waals surface area contributed by atoms with Crippen LogP contribution in [0.3, 0.4) is 0 Å². The van der Waals surface area contributed by atoms with Crippen molar-refractivity contribution in [1.82, 2.24) is 4.90 Å². The van der Waals surface area contributed by atoms with E-state index in [4.69, 9.17) is 16.3 Å². The highest BCUT2D eigenvalue weighted by Gasteiger charge is 2.08. The summed E-state index contributed by atoms with van der Waals surface area (Å²) in [7, 11) is 0. The summed E-state index contributed by atoms with van der Waals surface area (Å²) in [6.45, 7) is 7.07. The molecule has 28 heavy (non-hydrogen) atoms. The van der Waals surface area contributed by atoms with E-state index < -0.39 is 0 Å². The van der Waals surface area contributed by atoms with Crippen molar-refractivity contribution >= 4 is 35.2 Å². The molecule has 5 nitrogen and oxygen atoms in total. The summed E-state index contributed by atoms with van der Waals surface area (Å²) in [6, 6.07) is 13.8. The molecule has 0 bridgehead atoms. The van der Waals surface area contributed by atoms with Gasteiger partial charge in [0, 0.05) is 23.3 Å². The number of benzene rings is 2. The van der Waals surface area contributed by atoms with Crippen molar-refractivity contribution in [3.8, 4) is 0 Å². The molecule has 2 aromatic carbocycles. The fraction of sp³-hybridized carbons (Fsp3) is 0.273. The Balaban J connectivity index is 1.83. The zero-order chi connectivity index (χ0) is 20.4. The van der Waals surface area contributed by atoms with Gasteiger partial charge < -0.3 is 15.0 Å². The number of rotatable bonds is 9. The van der Waals surface area contributed by atoms with Crippen molar-refractivity contribution < 1.29 is 14.3 Å². The Morgan fingerprint density at radius 2 is 1.68 bits per heavy atom. The van der Waals surface area contributed by atoms with Gasteiger partial charge in [-0.15, -0.1) is 0 Å². The predicted molar refractivity (Wildman–Crippen MR) is 114 cm³/mol. The lowest BCUT2D eigenvalue weighted by Crippen LogP contribution is -2.27. The Bertz CT molecular complexity index is 798. The van der Waals surface area contributed by atoms with Crippen LogP contribution in [0.25, 0.3) is 6.08 Å². The van der Waals surface area contributed by atoms with Gasteiger partial charge >= 0.3 is 5.97 Å². The maximum atomic E-state index is 12.1. The zero-order valence-corrected chi connectivity index (χ0v) is 16.9. The first kappa shape index (κ1) is 21.7. The number of hydrogen-bond donors (Lipinski definition) is 1. The molecule has 0 unspecified atom stereocenters. The number of hydrogen-bond acceptors (Lipinski definition) is 4. The van der Waals surface area contributed by atoms with Crippen LogP contribution in [0.1, 0.15) is 29.8 Å². The second kappa shape index (κ2) is 11.3. The Kier molecular flexibility index (Phi) is 8.72. The van der Waals surface area contributed by atoms with E-state index in [9.17, 15) is 9.59 Å². The maximum Gasteiger partial charge on any atom is 0.338 e. The summed E-state index contributed by atoms with van der Waals surface area (Å²) in [5, 5.41) is 3.40. The average molecular weight is 401 g/mol. The SMILES string of the molecule is CCN(CC)CCOC(=O)c1ccc(NC(=O)/C=C/c2ccc(Cl)cc2)cc1. The smallest absolute Gasteiger partial charge is 0.338 e. The molecule has 0 radical (unpaired) electrons. The van der Waals surface area contributed by atoms with Crippen molar-refractivity contribution in [2.24, 2.45) is 0 Å². The highest BCUT2D eigenvalue weighted by Crippen LogP contribution is 2.12. The first-order chi connectivity index (χ1) is 13.5. The summed E-state index contributed by atoms with van der Waals surface area (Å²) in [5.74, 6) is -0.628. The summed E-state index contributed by atoms with van der Waals surface area (Å²) >= 11 is 5.83. The third kappa shape index (κ3) is 7.18. The van der Waals surface area contributed by atoms with Crippen LogP contribution in [-0.4, -0.2) is 43.0 Å². The standard InChI is InChI=1S/C22H25ClN2O3/c1-3-25(4-2)15-16-28-22(27)18-8-12-20(13-9-18)24-21(26)14-7-17-5-10-19(23)11-6-17/h5-14H,3-4,15-16H2,1-2H3,(H,24,26)/b14-7+. The lowest BCUT2D eigenvalue weighted by molar-refractivity contribution is -0.111. The molecular formula is C22H25ClN2O3. The Labute approximate surface area is 170 Å². The second-order valence-corrected chi connectivity index (χ2v) is 6.55. The van der Waals surface area contributed by atoms with Crippen molar-refractivity contribution in [1.29, 1.82) is 0 Å². The summed E-state index contributed by atoms with van der Waals surface area (Å²) in [5.41, 5.74) is 1.93. The first-order valence-corrected chi connectivity index (χ1v) is 9.63. The molecule has 0 saturated carbocycles. The van der Waals surface area contributed by atoms with Crippen LogP contribution in [-0.2, 0) is 9.53 Å². The van der Waals surface area contributed by atoms with Gasteiger partial charge in [0.05, 0.1) is 5.56 Å². The minimum Gasteiger partial charge on any atom is -0.461 e. The molecule has 0 aromatic heterocycles. The molecule has 148 valence electrons. The predicted octanol–water partition coefficient (Wildman–Crippen LogP) is 4.49. The summed E-state index contributed by atoms with van der Waals surface area (Å²) in [6.07, 6.45) is 3.14. The summed E-state index contributed by atoms with van der Waals surface area (Å²) < 4.78 is 5.29. The molecule has 2 rings (SSSR count). The Morgan fingerprint density at radius 3 is 2.29 bits per heavy atom. The number of likely N-dealkylation sites (N-methyl/N-ethyl adjacent to an activating group) is 1. The van der Waals surface area contributed by atoms with Crippen molar-refractivity contribution in [2.75, 3.05) is 31.6 Å². The molecule has 2 aromatic rings. The number of anilines is 1. The number of carbonyl (C=O) groups is 2. The van der Waals surface area contributed by atoms with Gasteiger partial charge in [-0.3, -0.25) is 4.79 Å². The number of amides is 1. The van der Waals surface area contributed by atoms with Crippen LogP contribution in [0.5, 0.6) is 0 Å². The number of carbonyl (C=O) groups excluding carboxylic acids is 2. The normalized spacial score (nSPS) is 11.0. The van der Waals surface area contributed by atoms with Crippen LogP contribution in [0, 0.1) is 0 Å². The number of ether oxygens (including phenoxy) is 1. The van der Waals surface area contributed by atoms with Crippen molar-refractivity contribution in [2.45, 2.75) is 13.8 Å². The van der Waals surface area contributed by atoms with Crippen molar-refractivity contribution in [3.05, 3.63) is 70.8 Å². The highest BCUT2D eigenvalue weighted by atomic mass is 35.5. The molecule has 0 heterocycles. The topological polar surface area (TPSA) is 58.6 Å². The monoisotopic (exact) mass is 400 g/mol. The number of esters is 1. The Morgan fingerprint density at radius 1 is 1.04 bits per heavy atom. The minimum atomic E-state index is -0.368. The van der Waals surface area contributed by atoms with E-state index in [2.05, 4.69) is 24.1 Å². The van der Waals surface area contributed by atoms with Crippen LogP contribution in [0.15, 0.2) is 54.6 Å². The van der Waals surface area contributed by atoms with E-state index in [1.54, 1.807) is 42.5 Å². The molecule has 0 spiro atoms. The van der Waals surface area contributed by atoms with Crippen LogP contribution < -0.4 is 5.32 Å². The number of nitrogens with zero attached hydrogens (tertiary/aromatic N) is 1. The lowest BCUT2D eigenvalue weighted by atomic mass is 10.2. The Hall–Kier alpha value is -2.63. The van der Waals surface area contributed by atoms with Gasteiger partial charge in [0.15, 0.2) is 0 Å². The third-order valence-electron chi connectivity index (χ3n) is 4.22. The van der Waals surface area contributed by atoms with E-state index >= 15 is 0 Å². The highest BCUT2D eigenvalue weighted by molar-refractivity contribution is 6.30. The molecular weight excluding hydrogens is 376 g/mol. The quantitative estimate of drug-likeness (QED) is 0.497. The van der Waals surface area contributed by atoms with Gasteiger partial charge in [0.25, 0.3) is 0 Å². The molecule has 1 N–H and O–H groups in total. The van der Waals surface area contributed by atoms with Crippen LogP contribution >= 0.6 is 11.6 Å². The number of halogens is 1. The summed E-state index contributed by atoms with van der Waals surface area (Å²) in [4.78, 5) is 26.3. The molecule has 6 heteroatoms. The van der Waals surface area contributed by atoms with E-state index in [1.165, 1.54) is 6.08 Å². The fourth-order valence-electron chi connectivity index (χ4n) is 2.51. The molecule has 0 aliphatic carbocycles. The van der Waals surface area contributed by atoms with Gasteiger partial charge in [0.2, 0.25) is 5.91 Å². The lowest BCUT2D eigenvalue weighted by Gasteiger charge is -2.17. The van der Waals surface area contributed by atoms with E-state index in [1.807, 2.05) is 12.1 Å². The number of nitrogens with one attached hydrogen (secondary N) is 1.